The van der Waals surface area contributed by atoms with Crippen molar-refractivity contribution >= 4 is 5.82 Å². The minimum absolute atomic E-state index is 0.0140. The lowest BCUT2D eigenvalue weighted by Crippen LogP contribution is -2.31. The van der Waals surface area contributed by atoms with Gasteiger partial charge < -0.3 is 19.5 Å². The van der Waals surface area contributed by atoms with Crippen molar-refractivity contribution in [3.8, 4) is 5.75 Å². The fourth-order valence-electron chi connectivity index (χ4n) is 3.64. The van der Waals surface area contributed by atoms with Crippen LogP contribution in [0.3, 0.4) is 0 Å². The van der Waals surface area contributed by atoms with E-state index in [1.807, 2.05) is 18.2 Å². The number of halogens is 3. The van der Waals surface area contributed by atoms with Crippen LogP contribution in [0.2, 0.25) is 0 Å². The Balaban J connectivity index is 1.30. The molecule has 1 aromatic carbocycles. The zero-order valence-corrected chi connectivity index (χ0v) is 15.6. The second-order valence-electron chi connectivity index (χ2n) is 7.19. The summed E-state index contributed by atoms with van der Waals surface area (Å²) in [6, 6.07) is 11.7. The average molecular weight is 409 g/mol. The number of fused-ring (bicyclic) bond motifs is 1. The van der Waals surface area contributed by atoms with Crippen LogP contribution in [0, 0.1) is 0 Å². The lowest BCUT2D eigenvalue weighted by molar-refractivity contribution is -0.274. The van der Waals surface area contributed by atoms with Crippen molar-refractivity contribution in [3.05, 3.63) is 54.2 Å². The highest BCUT2D eigenvalue weighted by molar-refractivity contribution is 5.34. The van der Waals surface area contributed by atoms with Crippen LogP contribution in [0.25, 0.3) is 0 Å². The number of anilines is 1. The van der Waals surface area contributed by atoms with Gasteiger partial charge in [-0.25, -0.2) is 4.98 Å². The van der Waals surface area contributed by atoms with Gasteiger partial charge >= 0.3 is 6.36 Å². The number of benzene rings is 1. The van der Waals surface area contributed by atoms with Gasteiger partial charge in [0.15, 0.2) is 0 Å². The van der Waals surface area contributed by atoms with Gasteiger partial charge in [-0.05, 0) is 29.8 Å². The summed E-state index contributed by atoms with van der Waals surface area (Å²) in [4.78, 5) is 6.37. The molecule has 2 aliphatic heterocycles. The molecular weight excluding hydrogens is 387 g/mol. The number of hydrogen-bond acceptors (Lipinski definition) is 6. The summed E-state index contributed by atoms with van der Waals surface area (Å²) in [7, 11) is 0. The number of nitrogens with zero attached hydrogens (tertiary/aromatic N) is 2. The quantitative estimate of drug-likeness (QED) is 0.819. The van der Waals surface area contributed by atoms with E-state index in [1.54, 1.807) is 18.3 Å². The molecule has 0 saturated carbocycles. The number of likely N-dealkylation sites (tertiary alicyclic amines) is 1. The molecule has 2 aromatic rings. The molecule has 0 unspecified atom stereocenters. The normalized spacial score (nSPS) is 23.4. The van der Waals surface area contributed by atoms with Gasteiger partial charge in [0, 0.05) is 25.8 Å². The molecule has 2 fully saturated rings. The molecule has 1 aromatic heterocycles. The van der Waals surface area contributed by atoms with Gasteiger partial charge in [0.05, 0.1) is 31.5 Å². The van der Waals surface area contributed by atoms with Crippen LogP contribution in [0.15, 0.2) is 48.7 Å². The van der Waals surface area contributed by atoms with E-state index >= 15 is 0 Å². The lowest BCUT2D eigenvalue weighted by Gasteiger charge is -2.19. The van der Waals surface area contributed by atoms with Gasteiger partial charge in [-0.3, -0.25) is 4.90 Å². The molecule has 0 spiro atoms. The van der Waals surface area contributed by atoms with Gasteiger partial charge in [0.1, 0.15) is 11.6 Å². The Labute approximate surface area is 166 Å². The Kier molecular flexibility index (Phi) is 5.89. The van der Waals surface area contributed by atoms with E-state index < -0.39 is 6.36 Å². The van der Waals surface area contributed by atoms with Crippen LogP contribution in [0.5, 0.6) is 5.75 Å². The highest BCUT2D eigenvalue weighted by Crippen LogP contribution is 2.26. The maximum absolute atomic E-state index is 12.4. The molecule has 2 atom stereocenters. The van der Waals surface area contributed by atoms with Crippen molar-refractivity contribution in [2.45, 2.75) is 31.2 Å². The molecule has 1 N–H and O–H groups in total. The number of pyridine rings is 1. The van der Waals surface area contributed by atoms with E-state index in [0.717, 1.165) is 11.4 Å². The first-order valence-corrected chi connectivity index (χ1v) is 9.42. The Morgan fingerprint density at radius 1 is 1.07 bits per heavy atom. The van der Waals surface area contributed by atoms with Crippen LogP contribution in [0.1, 0.15) is 5.56 Å². The summed E-state index contributed by atoms with van der Waals surface area (Å²) in [5.74, 6) is 0.568. The molecule has 6 nitrogen and oxygen atoms in total. The number of alkyl halides is 3. The maximum Gasteiger partial charge on any atom is 0.573 e. The lowest BCUT2D eigenvalue weighted by atomic mass is 10.2. The van der Waals surface area contributed by atoms with Crippen LogP contribution in [0.4, 0.5) is 19.0 Å². The monoisotopic (exact) mass is 409 g/mol. The summed E-state index contributed by atoms with van der Waals surface area (Å²) in [5.41, 5.74) is 0.748. The maximum atomic E-state index is 12.4. The summed E-state index contributed by atoms with van der Waals surface area (Å²) in [6.45, 7) is 2.82. The van der Waals surface area contributed by atoms with Gasteiger partial charge in [-0.2, -0.15) is 0 Å². The summed E-state index contributed by atoms with van der Waals surface area (Å²) in [5, 5.41) is 3.31. The van der Waals surface area contributed by atoms with E-state index in [1.165, 1.54) is 12.1 Å². The Morgan fingerprint density at radius 3 is 2.48 bits per heavy atom. The standard InChI is InChI=1S/C20H22F3N3O3/c21-20(22,23)29-16-5-3-4-14(8-16)9-26-10-17-18(11-26)28-13-15(12-27-17)25-19-6-1-2-7-24-19/h1-8,15,17-18H,9-13H2,(H,24,25)/t17-,18-/m0/s1. The first-order chi connectivity index (χ1) is 13.9. The van der Waals surface area contributed by atoms with E-state index in [4.69, 9.17) is 9.47 Å². The van der Waals surface area contributed by atoms with E-state index in [2.05, 4.69) is 19.9 Å². The van der Waals surface area contributed by atoms with Gasteiger partial charge in [0.2, 0.25) is 0 Å². The number of ether oxygens (including phenoxy) is 3. The first-order valence-electron chi connectivity index (χ1n) is 9.42. The van der Waals surface area contributed by atoms with Crippen molar-refractivity contribution in [2.75, 3.05) is 31.6 Å². The molecule has 2 saturated heterocycles. The highest BCUT2D eigenvalue weighted by Gasteiger charge is 2.37. The Morgan fingerprint density at radius 2 is 1.83 bits per heavy atom. The van der Waals surface area contributed by atoms with Crippen LogP contribution in [-0.2, 0) is 16.0 Å². The van der Waals surface area contributed by atoms with E-state index in [-0.39, 0.29) is 24.0 Å². The predicted molar refractivity (Wildman–Crippen MR) is 99.5 cm³/mol. The first kappa shape index (κ1) is 19.9. The van der Waals surface area contributed by atoms with Crippen LogP contribution >= 0.6 is 0 Å². The molecule has 2 aliphatic rings. The smallest absolute Gasteiger partial charge is 0.406 e. The summed E-state index contributed by atoms with van der Waals surface area (Å²) in [6.07, 6.45) is -3.11. The van der Waals surface area contributed by atoms with Gasteiger partial charge in [-0.1, -0.05) is 18.2 Å². The molecule has 29 heavy (non-hydrogen) atoms. The van der Waals surface area contributed by atoms with Crippen LogP contribution in [-0.4, -0.2) is 60.8 Å². The predicted octanol–water partition coefficient (Wildman–Crippen LogP) is 3.06. The summed E-state index contributed by atoms with van der Waals surface area (Å²) >= 11 is 0. The third kappa shape index (κ3) is 5.59. The number of hydrogen-bond donors (Lipinski definition) is 1. The molecule has 0 bridgehead atoms. The van der Waals surface area contributed by atoms with E-state index in [9.17, 15) is 13.2 Å². The molecule has 0 radical (unpaired) electrons. The minimum Gasteiger partial charge on any atom is -0.406 e. The number of nitrogens with one attached hydrogen (secondary N) is 1. The van der Waals surface area contributed by atoms with Gasteiger partial charge in [0.25, 0.3) is 0 Å². The Hall–Kier alpha value is -2.36. The molecule has 4 rings (SSSR count). The molecule has 3 heterocycles. The zero-order chi connectivity index (χ0) is 20.3. The average Bonchev–Trinajstić information content (AvgIpc) is 2.96. The molecule has 9 heteroatoms. The number of rotatable bonds is 5. The minimum atomic E-state index is -4.69. The molecule has 0 amide bonds. The second kappa shape index (κ2) is 8.56. The van der Waals surface area contributed by atoms with E-state index in [0.29, 0.717) is 32.8 Å². The molecule has 156 valence electrons. The van der Waals surface area contributed by atoms with Crippen molar-refractivity contribution < 1.29 is 27.4 Å². The largest absolute Gasteiger partial charge is 0.573 e. The fraction of sp³-hybridized carbons (Fsp3) is 0.450. The van der Waals surface area contributed by atoms with Crippen molar-refractivity contribution in [1.29, 1.82) is 0 Å². The van der Waals surface area contributed by atoms with Crippen LogP contribution < -0.4 is 10.1 Å². The summed E-state index contributed by atoms with van der Waals surface area (Å²) < 4.78 is 53.3. The zero-order valence-electron chi connectivity index (χ0n) is 15.6. The second-order valence-corrected chi connectivity index (χ2v) is 7.19. The fourth-order valence-corrected chi connectivity index (χ4v) is 3.64. The third-order valence-electron chi connectivity index (χ3n) is 4.87. The van der Waals surface area contributed by atoms with Crippen molar-refractivity contribution in [1.82, 2.24) is 9.88 Å². The molecule has 0 aliphatic carbocycles. The van der Waals surface area contributed by atoms with Crippen molar-refractivity contribution in [2.24, 2.45) is 0 Å². The van der Waals surface area contributed by atoms with Gasteiger partial charge in [-0.15, -0.1) is 13.2 Å². The SMILES string of the molecule is FC(F)(F)Oc1cccc(CN2C[C@@H]3OCC(Nc4ccccn4)CO[C@H]3C2)c1. The number of aromatic nitrogens is 1. The highest BCUT2D eigenvalue weighted by atomic mass is 19.4. The third-order valence-corrected chi connectivity index (χ3v) is 4.87. The Bertz CT molecular complexity index is 790. The molecular formula is C20H22F3N3O3. The topological polar surface area (TPSA) is 55.9 Å². The van der Waals surface area contributed by atoms with Crippen molar-refractivity contribution in [3.63, 3.8) is 0 Å².